The van der Waals surface area contributed by atoms with Gasteiger partial charge in [0.05, 0.1) is 0 Å². The minimum absolute atomic E-state index is 0.0885. The number of aromatic nitrogens is 1. The Labute approximate surface area is 111 Å². The van der Waals surface area contributed by atoms with Crippen molar-refractivity contribution in [3.05, 3.63) is 5.56 Å². The monoisotopic (exact) mass is 268 g/mol. The number of hydrogen-bond acceptors (Lipinski definition) is 5. The van der Waals surface area contributed by atoms with Crippen LogP contribution in [-0.4, -0.2) is 22.9 Å². The molecular weight excluding hydrogens is 248 g/mol. The van der Waals surface area contributed by atoms with Gasteiger partial charge in [-0.1, -0.05) is 6.92 Å². The molecule has 1 aromatic rings. The van der Waals surface area contributed by atoms with E-state index in [9.17, 15) is 4.79 Å². The molecule has 0 bridgehead atoms. The van der Waals surface area contributed by atoms with E-state index in [1.807, 2.05) is 13.8 Å². The molecule has 0 radical (unpaired) electrons. The summed E-state index contributed by atoms with van der Waals surface area (Å²) >= 11 is 1.25. The van der Waals surface area contributed by atoms with Crippen LogP contribution in [-0.2, 0) is 0 Å². The maximum Gasteiger partial charge on any atom is 0.258 e. The van der Waals surface area contributed by atoms with Crippen molar-refractivity contribution in [2.24, 2.45) is 5.41 Å². The number of carbonyl (C=O) groups is 1. The van der Waals surface area contributed by atoms with Crippen LogP contribution in [0.4, 0.5) is 10.8 Å². The van der Waals surface area contributed by atoms with E-state index in [0.29, 0.717) is 16.8 Å². The fraction of sp³-hybridized carbons (Fsp3) is 0.667. The van der Waals surface area contributed by atoms with Gasteiger partial charge in [0.2, 0.25) is 0 Å². The van der Waals surface area contributed by atoms with Crippen molar-refractivity contribution in [2.75, 3.05) is 17.6 Å². The molecule has 1 aliphatic rings. The SMILES string of the molecule is CC(C)NC(=O)c1c(N)nsc1NCC1(C)CC1. The van der Waals surface area contributed by atoms with Gasteiger partial charge in [-0.05, 0) is 43.6 Å². The van der Waals surface area contributed by atoms with E-state index >= 15 is 0 Å². The topological polar surface area (TPSA) is 80.0 Å². The van der Waals surface area contributed by atoms with E-state index in [1.165, 1.54) is 24.4 Å². The Bertz CT molecular complexity index is 451. The van der Waals surface area contributed by atoms with Gasteiger partial charge in [-0.25, -0.2) is 0 Å². The summed E-state index contributed by atoms with van der Waals surface area (Å²) in [6, 6.07) is 0.0885. The highest BCUT2D eigenvalue weighted by Gasteiger charge is 2.37. The molecule has 2 rings (SSSR count). The van der Waals surface area contributed by atoms with Crippen LogP contribution in [0.25, 0.3) is 0 Å². The number of hydrogen-bond donors (Lipinski definition) is 3. The highest BCUT2D eigenvalue weighted by atomic mass is 32.1. The average molecular weight is 268 g/mol. The lowest BCUT2D eigenvalue weighted by atomic mass is 10.1. The molecule has 18 heavy (non-hydrogen) atoms. The van der Waals surface area contributed by atoms with Crippen LogP contribution in [0.5, 0.6) is 0 Å². The zero-order valence-corrected chi connectivity index (χ0v) is 11.9. The van der Waals surface area contributed by atoms with Crippen molar-refractivity contribution in [1.29, 1.82) is 0 Å². The number of nitrogen functional groups attached to an aromatic ring is 1. The van der Waals surface area contributed by atoms with E-state index in [0.717, 1.165) is 11.5 Å². The molecule has 0 aromatic carbocycles. The Hall–Kier alpha value is -1.30. The van der Waals surface area contributed by atoms with Crippen molar-refractivity contribution >= 4 is 28.3 Å². The fourth-order valence-corrected chi connectivity index (χ4v) is 2.37. The summed E-state index contributed by atoms with van der Waals surface area (Å²) in [5, 5.41) is 6.93. The first kappa shape index (κ1) is 13.1. The number of carbonyl (C=O) groups excluding carboxylic acids is 1. The van der Waals surface area contributed by atoms with Crippen LogP contribution < -0.4 is 16.4 Å². The van der Waals surface area contributed by atoms with E-state index in [2.05, 4.69) is 21.9 Å². The molecule has 1 aromatic heterocycles. The Morgan fingerprint density at radius 3 is 2.78 bits per heavy atom. The smallest absolute Gasteiger partial charge is 0.258 e. The molecule has 1 saturated carbocycles. The van der Waals surface area contributed by atoms with Crippen molar-refractivity contribution < 1.29 is 4.79 Å². The highest BCUT2D eigenvalue weighted by molar-refractivity contribution is 7.11. The summed E-state index contributed by atoms with van der Waals surface area (Å²) in [7, 11) is 0. The van der Waals surface area contributed by atoms with Crippen LogP contribution in [0.1, 0.15) is 44.0 Å². The van der Waals surface area contributed by atoms with Crippen molar-refractivity contribution in [3.63, 3.8) is 0 Å². The van der Waals surface area contributed by atoms with Gasteiger partial charge >= 0.3 is 0 Å². The lowest BCUT2D eigenvalue weighted by molar-refractivity contribution is 0.0945. The van der Waals surface area contributed by atoms with E-state index in [-0.39, 0.29) is 11.9 Å². The maximum atomic E-state index is 12.0. The quantitative estimate of drug-likeness (QED) is 0.763. The van der Waals surface area contributed by atoms with Gasteiger partial charge in [0.25, 0.3) is 5.91 Å². The van der Waals surface area contributed by atoms with E-state index in [4.69, 9.17) is 5.73 Å². The van der Waals surface area contributed by atoms with Gasteiger partial charge in [0.15, 0.2) is 5.82 Å². The molecule has 4 N–H and O–H groups in total. The Morgan fingerprint density at radius 1 is 1.56 bits per heavy atom. The van der Waals surface area contributed by atoms with Crippen molar-refractivity contribution in [2.45, 2.75) is 39.7 Å². The summed E-state index contributed by atoms with van der Waals surface area (Å²) in [6.45, 7) is 6.95. The maximum absolute atomic E-state index is 12.0. The lowest BCUT2D eigenvalue weighted by Crippen LogP contribution is -2.31. The van der Waals surface area contributed by atoms with Gasteiger partial charge in [-0.3, -0.25) is 4.79 Å². The molecule has 0 atom stereocenters. The minimum atomic E-state index is -0.153. The predicted molar refractivity (Wildman–Crippen MR) is 75.0 cm³/mol. The third kappa shape index (κ3) is 2.93. The van der Waals surface area contributed by atoms with Gasteiger partial charge in [0.1, 0.15) is 10.6 Å². The first-order valence-corrected chi connectivity index (χ1v) is 6.98. The van der Waals surface area contributed by atoms with Gasteiger partial charge < -0.3 is 16.4 Å². The summed E-state index contributed by atoms with van der Waals surface area (Å²) < 4.78 is 4.06. The first-order chi connectivity index (χ1) is 8.41. The standard InChI is InChI=1S/C12H20N4OS/c1-7(2)15-10(17)8-9(13)16-18-11(8)14-6-12(3)4-5-12/h7,14H,4-6H2,1-3H3,(H2,13,16)(H,15,17). The number of nitrogens with one attached hydrogen (secondary N) is 2. The second-order valence-electron chi connectivity index (χ2n) is 5.56. The largest absolute Gasteiger partial charge is 0.382 e. The molecule has 0 unspecified atom stereocenters. The fourth-order valence-electron chi connectivity index (χ4n) is 1.66. The normalized spacial score (nSPS) is 16.7. The molecule has 0 aliphatic heterocycles. The molecule has 5 nitrogen and oxygen atoms in total. The number of nitrogens with zero attached hydrogens (tertiary/aromatic N) is 1. The second-order valence-corrected chi connectivity index (χ2v) is 6.34. The number of amides is 1. The molecule has 1 amide bonds. The van der Waals surface area contributed by atoms with E-state index < -0.39 is 0 Å². The molecule has 0 saturated heterocycles. The predicted octanol–water partition coefficient (Wildman–Crippen LogP) is 2.08. The van der Waals surface area contributed by atoms with Gasteiger partial charge in [-0.2, -0.15) is 4.37 Å². The molecule has 1 heterocycles. The summed E-state index contributed by atoms with van der Waals surface area (Å²) in [5.74, 6) is 0.154. The first-order valence-electron chi connectivity index (χ1n) is 6.21. The van der Waals surface area contributed by atoms with Crippen LogP contribution in [0.3, 0.4) is 0 Å². The van der Waals surface area contributed by atoms with Crippen molar-refractivity contribution in [1.82, 2.24) is 9.69 Å². The molecule has 0 spiro atoms. The summed E-state index contributed by atoms with van der Waals surface area (Å²) in [5.41, 5.74) is 6.64. The van der Waals surface area contributed by atoms with Gasteiger partial charge in [-0.15, -0.1) is 0 Å². The number of rotatable bonds is 5. The summed E-state index contributed by atoms with van der Waals surface area (Å²) in [4.78, 5) is 12.0. The van der Waals surface area contributed by atoms with Crippen LogP contribution in [0.2, 0.25) is 0 Å². The zero-order chi connectivity index (χ0) is 13.3. The Balaban J connectivity index is 2.08. The van der Waals surface area contributed by atoms with Gasteiger partial charge in [0, 0.05) is 12.6 Å². The summed E-state index contributed by atoms with van der Waals surface area (Å²) in [6.07, 6.45) is 2.48. The molecule has 6 heteroatoms. The third-order valence-corrected chi connectivity index (χ3v) is 3.96. The Kier molecular flexibility index (Phi) is 3.47. The third-order valence-electron chi connectivity index (χ3n) is 3.14. The van der Waals surface area contributed by atoms with E-state index in [1.54, 1.807) is 0 Å². The lowest BCUT2D eigenvalue weighted by Gasteiger charge is -2.12. The molecule has 1 fully saturated rings. The molecule has 1 aliphatic carbocycles. The Morgan fingerprint density at radius 2 is 2.22 bits per heavy atom. The zero-order valence-electron chi connectivity index (χ0n) is 11.0. The van der Waals surface area contributed by atoms with Crippen molar-refractivity contribution in [3.8, 4) is 0 Å². The average Bonchev–Trinajstić information content (AvgIpc) is 2.87. The molecule has 100 valence electrons. The highest BCUT2D eigenvalue weighted by Crippen LogP contribution is 2.45. The van der Waals surface area contributed by atoms with Crippen LogP contribution in [0, 0.1) is 5.41 Å². The van der Waals surface area contributed by atoms with Crippen LogP contribution >= 0.6 is 11.5 Å². The van der Waals surface area contributed by atoms with Crippen LogP contribution in [0.15, 0.2) is 0 Å². The second kappa shape index (κ2) is 4.76. The minimum Gasteiger partial charge on any atom is -0.382 e. The number of nitrogens with two attached hydrogens (primary N) is 1. The number of anilines is 2. The molecular formula is C12H20N4OS.